The van der Waals surface area contributed by atoms with Crippen molar-refractivity contribution in [2.24, 2.45) is 5.92 Å². The van der Waals surface area contributed by atoms with Crippen LogP contribution in [0.3, 0.4) is 0 Å². The van der Waals surface area contributed by atoms with Crippen LogP contribution in [0.1, 0.15) is 40.0 Å². The molecule has 1 saturated heterocycles. The number of likely N-dealkylation sites (N-methyl/N-ethyl adjacent to an activating group) is 1. The molecule has 0 aromatic rings. The summed E-state index contributed by atoms with van der Waals surface area (Å²) in [4.78, 5) is 2.64. The molecule has 1 heterocycles. The Morgan fingerprint density at radius 1 is 1.50 bits per heavy atom. The van der Waals surface area contributed by atoms with Crippen molar-refractivity contribution in [1.82, 2.24) is 4.90 Å². The van der Waals surface area contributed by atoms with Crippen molar-refractivity contribution in [3.63, 3.8) is 0 Å². The molecule has 14 heavy (non-hydrogen) atoms. The molecule has 2 atom stereocenters. The highest BCUT2D eigenvalue weighted by Crippen LogP contribution is 2.46. The summed E-state index contributed by atoms with van der Waals surface area (Å²) in [5, 5.41) is 0. The van der Waals surface area contributed by atoms with Gasteiger partial charge < -0.3 is 4.74 Å². The fourth-order valence-electron chi connectivity index (χ4n) is 3.17. The molecule has 2 nitrogen and oxygen atoms in total. The normalized spacial score (nSPS) is 37.3. The van der Waals surface area contributed by atoms with Crippen LogP contribution in [0.15, 0.2) is 0 Å². The third kappa shape index (κ3) is 1.70. The summed E-state index contributed by atoms with van der Waals surface area (Å²) in [6, 6.07) is 0. The Kier molecular flexibility index (Phi) is 2.85. The molecule has 0 amide bonds. The summed E-state index contributed by atoms with van der Waals surface area (Å²) in [5.41, 5.74) is 0.420. The SMILES string of the molecule is CCN1CC2CCC1(COC(C)C)C2. The van der Waals surface area contributed by atoms with Gasteiger partial charge in [0, 0.05) is 12.1 Å². The predicted molar refractivity (Wildman–Crippen MR) is 58.4 cm³/mol. The van der Waals surface area contributed by atoms with E-state index in [9.17, 15) is 0 Å². The van der Waals surface area contributed by atoms with Gasteiger partial charge in [0.15, 0.2) is 0 Å². The molecular formula is C12H23NO. The van der Waals surface area contributed by atoms with Gasteiger partial charge in [-0.25, -0.2) is 0 Å². The lowest BCUT2D eigenvalue weighted by atomic mass is 9.98. The molecule has 2 heteroatoms. The first-order chi connectivity index (χ1) is 6.66. The molecule has 2 aliphatic rings. The van der Waals surface area contributed by atoms with E-state index in [1.165, 1.54) is 32.4 Å². The largest absolute Gasteiger partial charge is 0.377 e. The van der Waals surface area contributed by atoms with Gasteiger partial charge in [0.25, 0.3) is 0 Å². The number of hydrogen-bond acceptors (Lipinski definition) is 2. The summed E-state index contributed by atoms with van der Waals surface area (Å²) >= 11 is 0. The molecule has 0 aromatic heterocycles. The molecule has 1 saturated carbocycles. The number of hydrogen-bond donors (Lipinski definition) is 0. The summed E-state index contributed by atoms with van der Waals surface area (Å²) in [6.45, 7) is 10.0. The molecule has 2 bridgehead atoms. The van der Waals surface area contributed by atoms with Crippen LogP contribution in [0.4, 0.5) is 0 Å². The highest BCUT2D eigenvalue weighted by Gasteiger charge is 2.49. The van der Waals surface area contributed by atoms with Gasteiger partial charge in [-0.1, -0.05) is 6.92 Å². The van der Waals surface area contributed by atoms with Crippen LogP contribution in [-0.4, -0.2) is 36.2 Å². The van der Waals surface area contributed by atoms with E-state index in [1.54, 1.807) is 0 Å². The lowest BCUT2D eigenvalue weighted by Gasteiger charge is -2.38. The van der Waals surface area contributed by atoms with Gasteiger partial charge in [0.1, 0.15) is 0 Å². The van der Waals surface area contributed by atoms with Crippen LogP contribution in [0.5, 0.6) is 0 Å². The van der Waals surface area contributed by atoms with E-state index < -0.39 is 0 Å². The summed E-state index contributed by atoms with van der Waals surface area (Å²) < 4.78 is 5.84. The molecule has 1 aliphatic carbocycles. The minimum atomic E-state index is 0.378. The smallest absolute Gasteiger partial charge is 0.0654 e. The third-order valence-electron chi connectivity index (χ3n) is 3.90. The van der Waals surface area contributed by atoms with Crippen molar-refractivity contribution in [1.29, 1.82) is 0 Å². The van der Waals surface area contributed by atoms with Crippen molar-refractivity contribution in [2.45, 2.75) is 51.7 Å². The van der Waals surface area contributed by atoms with E-state index in [1.807, 2.05) is 0 Å². The first kappa shape index (κ1) is 10.4. The maximum atomic E-state index is 5.84. The Hall–Kier alpha value is -0.0800. The van der Waals surface area contributed by atoms with Crippen LogP contribution in [0.2, 0.25) is 0 Å². The zero-order chi connectivity index (χ0) is 10.2. The van der Waals surface area contributed by atoms with Crippen molar-refractivity contribution in [3.05, 3.63) is 0 Å². The van der Waals surface area contributed by atoms with Gasteiger partial charge in [-0.05, 0) is 45.6 Å². The Bertz CT molecular complexity index is 204. The average Bonchev–Trinajstić information content (AvgIpc) is 2.71. The lowest BCUT2D eigenvalue weighted by Crippen LogP contribution is -2.48. The Morgan fingerprint density at radius 2 is 2.29 bits per heavy atom. The topological polar surface area (TPSA) is 12.5 Å². The summed E-state index contributed by atoms with van der Waals surface area (Å²) in [5.74, 6) is 0.964. The fraction of sp³-hybridized carbons (Fsp3) is 1.00. The molecule has 2 fully saturated rings. The van der Waals surface area contributed by atoms with Crippen LogP contribution in [-0.2, 0) is 4.74 Å². The highest BCUT2D eigenvalue weighted by molar-refractivity contribution is 5.04. The van der Waals surface area contributed by atoms with Gasteiger partial charge in [-0.3, -0.25) is 4.90 Å². The second-order valence-corrected chi connectivity index (χ2v) is 5.23. The van der Waals surface area contributed by atoms with E-state index in [0.717, 1.165) is 12.5 Å². The number of fused-ring (bicyclic) bond motifs is 2. The number of nitrogens with zero attached hydrogens (tertiary/aromatic N) is 1. The Balaban J connectivity index is 1.97. The third-order valence-corrected chi connectivity index (χ3v) is 3.90. The number of ether oxygens (including phenoxy) is 1. The highest BCUT2D eigenvalue weighted by atomic mass is 16.5. The average molecular weight is 197 g/mol. The Morgan fingerprint density at radius 3 is 2.86 bits per heavy atom. The van der Waals surface area contributed by atoms with Crippen LogP contribution < -0.4 is 0 Å². The van der Waals surface area contributed by atoms with Crippen molar-refractivity contribution >= 4 is 0 Å². The standard InChI is InChI=1S/C12H23NO/c1-4-13-8-11-5-6-12(13,7-11)9-14-10(2)3/h10-11H,4-9H2,1-3H3. The van der Waals surface area contributed by atoms with Crippen LogP contribution in [0.25, 0.3) is 0 Å². The molecule has 82 valence electrons. The summed E-state index contributed by atoms with van der Waals surface area (Å²) in [7, 11) is 0. The van der Waals surface area contributed by atoms with Gasteiger partial charge >= 0.3 is 0 Å². The first-order valence-corrected chi connectivity index (χ1v) is 6.03. The van der Waals surface area contributed by atoms with Crippen LogP contribution >= 0.6 is 0 Å². The zero-order valence-electron chi connectivity index (χ0n) is 9.75. The molecule has 2 unspecified atom stereocenters. The minimum Gasteiger partial charge on any atom is -0.377 e. The quantitative estimate of drug-likeness (QED) is 0.685. The summed E-state index contributed by atoms with van der Waals surface area (Å²) in [6.07, 6.45) is 4.55. The van der Waals surface area contributed by atoms with Gasteiger partial charge in [0.05, 0.1) is 12.7 Å². The fourth-order valence-corrected chi connectivity index (χ4v) is 3.17. The molecule has 1 aliphatic heterocycles. The molecule has 2 rings (SSSR count). The number of likely N-dealkylation sites (tertiary alicyclic amines) is 1. The maximum absolute atomic E-state index is 5.84. The second-order valence-electron chi connectivity index (χ2n) is 5.23. The first-order valence-electron chi connectivity index (χ1n) is 6.03. The van der Waals surface area contributed by atoms with Gasteiger partial charge in [0.2, 0.25) is 0 Å². The second kappa shape index (κ2) is 3.82. The van der Waals surface area contributed by atoms with Crippen molar-refractivity contribution in [3.8, 4) is 0 Å². The van der Waals surface area contributed by atoms with Crippen molar-refractivity contribution < 1.29 is 4.74 Å². The van der Waals surface area contributed by atoms with E-state index in [-0.39, 0.29) is 0 Å². The molecule has 0 N–H and O–H groups in total. The van der Waals surface area contributed by atoms with Crippen molar-refractivity contribution in [2.75, 3.05) is 19.7 Å². The van der Waals surface area contributed by atoms with E-state index in [4.69, 9.17) is 4.74 Å². The Labute approximate surface area is 87.6 Å². The van der Waals surface area contributed by atoms with E-state index >= 15 is 0 Å². The zero-order valence-corrected chi connectivity index (χ0v) is 9.75. The maximum Gasteiger partial charge on any atom is 0.0654 e. The minimum absolute atomic E-state index is 0.378. The van der Waals surface area contributed by atoms with Gasteiger partial charge in [-0.2, -0.15) is 0 Å². The number of piperidine rings is 1. The predicted octanol–water partition coefficient (Wildman–Crippen LogP) is 2.29. The molecule has 0 aromatic carbocycles. The van der Waals surface area contributed by atoms with E-state index in [0.29, 0.717) is 11.6 Å². The van der Waals surface area contributed by atoms with E-state index in [2.05, 4.69) is 25.7 Å². The van der Waals surface area contributed by atoms with Crippen LogP contribution in [0, 0.1) is 5.92 Å². The molecule has 0 radical (unpaired) electrons. The lowest BCUT2D eigenvalue weighted by molar-refractivity contribution is -0.0153. The molecular weight excluding hydrogens is 174 g/mol. The van der Waals surface area contributed by atoms with Gasteiger partial charge in [-0.15, -0.1) is 0 Å². The monoisotopic (exact) mass is 197 g/mol. The number of rotatable bonds is 4. The molecule has 0 spiro atoms.